The van der Waals surface area contributed by atoms with E-state index in [2.05, 4.69) is 4.98 Å². The summed E-state index contributed by atoms with van der Waals surface area (Å²) in [4.78, 5) is 31.4. The second kappa shape index (κ2) is 6.26. The van der Waals surface area contributed by atoms with Gasteiger partial charge in [0.1, 0.15) is 6.54 Å². The SMILES string of the molecule is O=C(Cn1cnc2ccccc2c1=O)N1CCC[C@]2(CCC[C@H]2O)C1. The van der Waals surface area contributed by atoms with E-state index in [0.717, 1.165) is 32.1 Å². The van der Waals surface area contributed by atoms with Crippen molar-refractivity contribution in [3.05, 3.63) is 40.9 Å². The van der Waals surface area contributed by atoms with E-state index in [4.69, 9.17) is 0 Å². The van der Waals surface area contributed by atoms with Gasteiger partial charge in [0, 0.05) is 18.5 Å². The standard InChI is InChI=1S/C19H23N3O3/c23-16-7-3-8-19(16)9-4-10-21(12-19)17(24)11-22-13-20-15-6-2-1-5-14(15)18(22)25/h1-2,5-6,13,16,23H,3-4,7-12H2/t16-,19-/m1/s1. The van der Waals surface area contributed by atoms with Crippen molar-refractivity contribution in [2.24, 2.45) is 5.41 Å². The van der Waals surface area contributed by atoms with E-state index in [1.807, 2.05) is 11.0 Å². The van der Waals surface area contributed by atoms with Crippen molar-refractivity contribution in [3.8, 4) is 0 Å². The molecule has 2 fully saturated rings. The van der Waals surface area contributed by atoms with Crippen LogP contribution in [0.4, 0.5) is 0 Å². The maximum absolute atomic E-state index is 12.8. The highest BCUT2D eigenvalue weighted by Crippen LogP contribution is 2.45. The molecule has 132 valence electrons. The van der Waals surface area contributed by atoms with Gasteiger partial charge in [0.2, 0.25) is 5.91 Å². The number of rotatable bonds is 2. The van der Waals surface area contributed by atoms with Gasteiger partial charge in [0.25, 0.3) is 5.56 Å². The van der Waals surface area contributed by atoms with Crippen molar-refractivity contribution in [3.63, 3.8) is 0 Å². The number of hydrogen-bond donors (Lipinski definition) is 1. The smallest absolute Gasteiger partial charge is 0.261 e. The Kier molecular flexibility index (Phi) is 4.07. The summed E-state index contributed by atoms with van der Waals surface area (Å²) >= 11 is 0. The molecule has 25 heavy (non-hydrogen) atoms. The molecule has 2 aromatic rings. The predicted molar refractivity (Wildman–Crippen MR) is 94.1 cm³/mol. The molecular formula is C19H23N3O3. The molecule has 1 amide bonds. The summed E-state index contributed by atoms with van der Waals surface area (Å²) in [6.45, 7) is 1.30. The second-order valence-corrected chi connectivity index (χ2v) is 7.38. The van der Waals surface area contributed by atoms with Gasteiger partial charge < -0.3 is 10.0 Å². The summed E-state index contributed by atoms with van der Waals surface area (Å²) < 4.78 is 1.39. The Morgan fingerprint density at radius 1 is 1.28 bits per heavy atom. The van der Waals surface area contributed by atoms with E-state index in [-0.39, 0.29) is 29.5 Å². The highest BCUT2D eigenvalue weighted by atomic mass is 16.3. The number of aliphatic hydroxyl groups excluding tert-OH is 1. The van der Waals surface area contributed by atoms with Gasteiger partial charge in [-0.1, -0.05) is 18.6 Å². The number of likely N-dealkylation sites (tertiary alicyclic amines) is 1. The van der Waals surface area contributed by atoms with Crippen LogP contribution in [0.25, 0.3) is 10.9 Å². The molecule has 6 heteroatoms. The molecule has 2 atom stereocenters. The minimum atomic E-state index is -0.312. The molecule has 1 aliphatic heterocycles. The lowest BCUT2D eigenvalue weighted by Gasteiger charge is -2.42. The fourth-order valence-electron chi connectivity index (χ4n) is 4.43. The largest absolute Gasteiger partial charge is 0.392 e. The first-order chi connectivity index (χ1) is 12.1. The third kappa shape index (κ3) is 2.84. The zero-order valence-electron chi connectivity index (χ0n) is 14.2. The number of benzene rings is 1. The predicted octanol–water partition coefficient (Wildman–Crippen LogP) is 1.55. The number of carbonyl (C=O) groups excluding carboxylic acids is 1. The number of nitrogens with zero attached hydrogens (tertiary/aromatic N) is 3. The minimum absolute atomic E-state index is 0.00282. The van der Waals surface area contributed by atoms with Crippen LogP contribution in [0, 0.1) is 5.41 Å². The molecule has 1 saturated heterocycles. The maximum atomic E-state index is 12.8. The van der Waals surface area contributed by atoms with Crippen LogP contribution < -0.4 is 5.56 Å². The van der Waals surface area contributed by atoms with Crippen molar-refractivity contribution < 1.29 is 9.90 Å². The number of aromatic nitrogens is 2. The van der Waals surface area contributed by atoms with Gasteiger partial charge >= 0.3 is 0 Å². The van der Waals surface area contributed by atoms with E-state index in [0.29, 0.717) is 24.0 Å². The molecule has 4 rings (SSSR count). The highest BCUT2D eigenvalue weighted by Gasteiger charge is 2.45. The summed E-state index contributed by atoms with van der Waals surface area (Å²) in [6, 6.07) is 7.16. The average molecular weight is 341 g/mol. The Morgan fingerprint density at radius 2 is 2.08 bits per heavy atom. The molecule has 0 bridgehead atoms. The monoisotopic (exact) mass is 341 g/mol. The normalized spacial score (nSPS) is 26.4. The first kappa shape index (κ1) is 16.3. The third-order valence-electron chi connectivity index (χ3n) is 5.86. The van der Waals surface area contributed by atoms with Crippen LogP contribution in [0.5, 0.6) is 0 Å². The number of para-hydroxylation sites is 1. The number of hydrogen-bond acceptors (Lipinski definition) is 4. The lowest BCUT2D eigenvalue weighted by Crippen LogP contribution is -2.50. The van der Waals surface area contributed by atoms with Crippen LogP contribution >= 0.6 is 0 Å². The van der Waals surface area contributed by atoms with Crippen molar-refractivity contribution in [2.45, 2.75) is 44.8 Å². The molecule has 6 nitrogen and oxygen atoms in total. The van der Waals surface area contributed by atoms with Crippen LogP contribution in [0.3, 0.4) is 0 Å². The van der Waals surface area contributed by atoms with Gasteiger partial charge in [-0.25, -0.2) is 4.98 Å². The van der Waals surface area contributed by atoms with Crippen LogP contribution in [0.15, 0.2) is 35.4 Å². The fourth-order valence-corrected chi connectivity index (χ4v) is 4.43. The van der Waals surface area contributed by atoms with E-state index < -0.39 is 0 Å². The van der Waals surface area contributed by atoms with Gasteiger partial charge in [-0.15, -0.1) is 0 Å². The maximum Gasteiger partial charge on any atom is 0.261 e. The van der Waals surface area contributed by atoms with Gasteiger partial charge in [-0.2, -0.15) is 0 Å². The minimum Gasteiger partial charge on any atom is -0.392 e. The van der Waals surface area contributed by atoms with Crippen molar-refractivity contribution >= 4 is 16.8 Å². The van der Waals surface area contributed by atoms with Crippen molar-refractivity contribution in [1.82, 2.24) is 14.5 Å². The quantitative estimate of drug-likeness (QED) is 0.899. The van der Waals surface area contributed by atoms with Crippen molar-refractivity contribution in [1.29, 1.82) is 0 Å². The molecule has 2 heterocycles. The van der Waals surface area contributed by atoms with E-state index in [9.17, 15) is 14.7 Å². The molecule has 1 N–H and O–H groups in total. The van der Waals surface area contributed by atoms with E-state index in [1.165, 1.54) is 10.9 Å². The van der Waals surface area contributed by atoms with Gasteiger partial charge in [0.15, 0.2) is 0 Å². The van der Waals surface area contributed by atoms with Gasteiger partial charge in [-0.3, -0.25) is 14.2 Å². The summed E-state index contributed by atoms with van der Waals surface area (Å²) in [5.41, 5.74) is 0.314. The molecule has 1 aliphatic carbocycles. The lowest BCUT2D eigenvalue weighted by molar-refractivity contribution is -0.137. The molecule has 2 aliphatic rings. The Bertz CT molecular complexity index is 862. The number of piperidine rings is 1. The Morgan fingerprint density at radius 3 is 2.88 bits per heavy atom. The lowest BCUT2D eigenvalue weighted by atomic mass is 9.76. The van der Waals surface area contributed by atoms with Crippen LogP contribution in [0.2, 0.25) is 0 Å². The average Bonchev–Trinajstić information content (AvgIpc) is 2.97. The fraction of sp³-hybridized carbons (Fsp3) is 0.526. The molecule has 1 aromatic heterocycles. The highest BCUT2D eigenvalue weighted by molar-refractivity contribution is 5.79. The molecule has 0 unspecified atom stereocenters. The number of carbonyl (C=O) groups is 1. The summed E-state index contributed by atoms with van der Waals surface area (Å²) in [7, 11) is 0. The van der Waals surface area contributed by atoms with E-state index >= 15 is 0 Å². The Balaban J connectivity index is 1.54. The van der Waals surface area contributed by atoms with E-state index in [1.54, 1.807) is 18.2 Å². The van der Waals surface area contributed by atoms with Gasteiger partial charge in [0.05, 0.1) is 23.3 Å². The first-order valence-electron chi connectivity index (χ1n) is 8.99. The zero-order chi connectivity index (χ0) is 17.4. The Hall–Kier alpha value is -2.21. The van der Waals surface area contributed by atoms with Crippen LogP contribution in [-0.2, 0) is 11.3 Å². The summed E-state index contributed by atoms with van der Waals surface area (Å²) in [5.74, 6) is -0.0719. The molecule has 1 spiro atoms. The summed E-state index contributed by atoms with van der Waals surface area (Å²) in [5, 5.41) is 10.9. The topological polar surface area (TPSA) is 75.4 Å². The second-order valence-electron chi connectivity index (χ2n) is 7.38. The first-order valence-corrected chi connectivity index (χ1v) is 8.99. The third-order valence-corrected chi connectivity index (χ3v) is 5.86. The number of fused-ring (bicyclic) bond motifs is 1. The zero-order valence-corrected chi connectivity index (χ0v) is 14.2. The van der Waals surface area contributed by atoms with Crippen LogP contribution in [-0.4, -0.2) is 44.7 Å². The van der Waals surface area contributed by atoms with Crippen molar-refractivity contribution in [2.75, 3.05) is 13.1 Å². The number of aliphatic hydroxyl groups is 1. The summed E-state index contributed by atoms with van der Waals surface area (Å²) in [6.07, 6.45) is 5.87. The molecular weight excluding hydrogens is 318 g/mol. The van der Waals surface area contributed by atoms with Crippen LogP contribution in [0.1, 0.15) is 32.1 Å². The Labute approximate surface area is 146 Å². The molecule has 1 aromatic carbocycles. The molecule has 0 radical (unpaired) electrons. The van der Waals surface area contributed by atoms with Gasteiger partial charge in [-0.05, 0) is 37.8 Å². The number of amides is 1. The molecule has 1 saturated carbocycles.